The monoisotopic (exact) mass is 488 g/mol. The summed E-state index contributed by atoms with van der Waals surface area (Å²) in [6, 6.07) is 13.7. The molecule has 0 aliphatic carbocycles. The van der Waals surface area contributed by atoms with Gasteiger partial charge in [-0.15, -0.1) is 5.10 Å². The van der Waals surface area contributed by atoms with E-state index in [9.17, 15) is 4.79 Å². The van der Waals surface area contributed by atoms with Crippen LogP contribution in [0.15, 0.2) is 42.5 Å². The lowest BCUT2D eigenvalue weighted by Gasteiger charge is -2.32. The first-order valence-electron chi connectivity index (χ1n) is 11.9. The standard InChI is InChI=1S/C27H29ClN6O/c1-16-5-8-22(15-17(16)2)29-27(35)20-11-13-33(14-12-20)26-25-24(18(3)30-31-26)19(4)34(32-25)23-9-6-21(28)7-10-23/h5-10,15,20H,11-14H2,1-4H3,(H,29,35). The molecule has 3 heterocycles. The molecule has 0 saturated carbocycles. The average Bonchev–Trinajstić information content (AvgIpc) is 3.20. The summed E-state index contributed by atoms with van der Waals surface area (Å²) in [4.78, 5) is 15.1. The molecule has 1 saturated heterocycles. The summed E-state index contributed by atoms with van der Waals surface area (Å²) < 4.78 is 1.92. The SMILES string of the molecule is Cc1ccc(NC(=O)C2CCN(c3nnc(C)c4c(C)n(-c5ccc(Cl)cc5)nc34)CC2)cc1C. The summed E-state index contributed by atoms with van der Waals surface area (Å²) in [6.07, 6.45) is 1.51. The number of anilines is 2. The fourth-order valence-electron chi connectivity index (χ4n) is 4.78. The van der Waals surface area contributed by atoms with Gasteiger partial charge in [0, 0.05) is 29.7 Å². The predicted octanol–water partition coefficient (Wildman–Crippen LogP) is 5.56. The average molecular weight is 489 g/mol. The Morgan fingerprint density at radius 3 is 2.37 bits per heavy atom. The van der Waals surface area contributed by atoms with Gasteiger partial charge in [-0.1, -0.05) is 17.7 Å². The maximum atomic E-state index is 12.9. The molecule has 180 valence electrons. The molecule has 2 aromatic heterocycles. The quantitative estimate of drug-likeness (QED) is 0.407. The van der Waals surface area contributed by atoms with Gasteiger partial charge in [0.2, 0.25) is 5.91 Å². The Morgan fingerprint density at radius 1 is 0.971 bits per heavy atom. The topological polar surface area (TPSA) is 75.9 Å². The second kappa shape index (κ2) is 9.30. The molecule has 1 fully saturated rings. The molecule has 0 bridgehead atoms. The van der Waals surface area contributed by atoms with Crippen LogP contribution in [0.25, 0.3) is 16.6 Å². The third-order valence-electron chi connectivity index (χ3n) is 7.00. The van der Waals surface area contributed by atoms with Crippen LogP contribution >= 0.6 is 11.6 Å². The van der Waals surface area contributed by atoms with Crippen molar-refractivity contribution in [2.75, 3.05) is 23.3 Å². The Morgan fingerprint density at radius 2 is 1.69 bits per heavy atom. The number of benzene rings is 2. The summed E-state index contributed by atoms with van der Waals surface area (Å²) in [5.41, 5.74) is 6.89. The van der Waals surface area contributed by atoms with E-state index in [4.69, 9.17) is 16.7 Å². The number of nitrogens with zero attached hydrogens (tertiary/aromatic N) is 5. The van der Waals surface area contributed by atoms with E-state index in [2.05, 4.69) is 34.3 Å². The van der Waals surface area contributed by atoms with Crippen LogP contribution in [0, 0.1) is 33.6 Å². The third kappa shape index (κ3) is 4.48. The van der Waals surface area contributed by atoms with Gasteiger partial charge in [-0.3, -0.25) is 4.79 Å². The van der Waals surface area contributed by atoms with Crippen LogP contribution in [0.3, 0.4) is 0 Å². The normalized spacial score (nSPS) is 14.5. The molecular formula is C27H29ClN6O. The summed E-state index contributed by atoms with van der Waals surface area (Å²) in [7, 11) is 0. The number of rotatable bonds is 4. The molecule has 35 heavy (non-hydrogen) atoms. The molecule has 1 amide bonds. The van der Waals surface area contributed by atoms with Crippen molar-refractivity contribution in [3.8, 4) is 5.69 Å². The molecule has 7 nitrogen and oxygen atoms in total. The molecule has 4 aromatic rings. The molecule has 0 spiro atoms. The second-order valence-corrected chi connectivity index (χ2v) is 9.79. The fourth-order valence-corrected chi connectivity index (χ4v) is 4.90. The molecule has 2 aromatic carbocycles. The predicted molar refractivity (Wildman–Crippen MR) is 141 cm³/mol. The Bertz CT molecular complexity index is 1400. The van der Waals surface area contributed by atoms with Crippen LogP contribution in [-0.4, -0.2) is 39.0 Å². The Labute approximate surface area is 210 Å². The van der Waals surface area contributed by atoms with Crippen molar-refractivity contribution in [3.05, 3.63) is 70.0 Å². The van der Waals surface area contributed by atoms with E-state index < -0.39 is 0 Å². The molecule has 1 aliphatic rings. The number of amides is 1. The number of aromatic nitrogens is 4. The van der Waals surface area contributed by atoms with Crippen molar-refractivity contribution < 1.29 is 4.79 Å². The van der Waals surface area contributed by atoms with Crippen molar-refractivity contribution in [1.29, 1.82) is 0 Å². The van der Waals surface area contributed by atoms with E-state index in [-0.39, 0.29) is 11.8 Å². The van der Waals surface area contributed by atoms with E-state index in [1.165, 1.54) is 11.1 Å². The van der Waals surface area contributed by atoms with Crippen molar-refractivity contribution in [1.82, 2.24) is 20.0 Å². The molecule has 0 atom stereocenters. The summed E-state index contributed by atoms with van der Waals surface area (Å²) in [5.74, 6) is 0.820. The molecule has 0 unspecified atom stereocenters. The minimum Gasteiger partial charge on any atom is -0.353 e. The Kier molecular flexibility index (Phi) is 6.19. The first-order valence-corrected chi connectivity index (χ1v) is 12.3. The van der Waals surface area contributed by atoms with E-state index in [1.807, 2.05) is 61.0 Å². The van der Waals surface area contributed by atoms with Crippen molar-refractivity contribution >= 4 is 39.9 Å². The molecule has 0 radical (unpaired) electrons. The van der Waals surface area contributed by atoms with E-state index in [0.29, 0.717) is 5.02 Å². The van der Waals surface area contributed by atoms with Gasteiger partial charge in [0.1, 0.15) is 5.52 Å². The number of piperidine rings is 1. The number of hydrogen-bond acceptors (Lipinski definition) is 5. The highest BCUT2D eigenvalue weighted by atomic mass is 35.5. The zero-order chi connectivity index (χ0) is 24.7. The van der Waals surface area contributed by atoms with Gasteiger partial charge in [-0.05, 0) is 88.1 Å². The highest BCUT2D eigenvalue weighted by Gasteiger charge is 2.28. The number of hydrogen-bond donors (Lipinski definition) is 1. The second-order valence-electron chi connectivity index (χ2n) is 9.36. The lowest BCUT2D eigenvalue weighted by Crippen LogP contribution is -2.38. The lowest BCUT2D eigenvalue weighted by molar-refractivity contribution is -0.120. The first kappa shape index (κ1) is 23.3. The third-order valence-corrected chi connectivity index (χ3v) is 7.25. The molecular weight excluding hydrogens is 460 g/mol. The fraction of sp³-hybridized carbons (Fsp3) is 0.333. The summed E-state index contributed by atoms with van der Waals surface area (Å²) in [6.45, 7) is 9.59. The van der Waals surface area contributed by atoms with Crippen LogP contribution in [0.1, 0.15) is 35.4 Å². The van der Waals surface area contributed by atoms with Gasteiger partial charge in [0.05, 0.1) is 22.5 Å². The highest BCUT2D eigenvalue weighted by Crippen LogP contribution is 2.32. The smallest absolute Gasteiger partial charge is 0.227 e. The van der Waals surface area contributed by atoms with Crippen LogP contribution < -0.4 is 10.2 Å². The maximum Gasteiger partial charge on any atom is 0.227 e. The minimum atomic E-state index is -0.0323. The van der Waals surface area contributed by atoms with Gasteiger partial charge in [-0.25, -0.2) is 4.68 Å². The van der Waals surface area contributed by atoms with Crippen molar-refractivity contribution in [3.63, 3.8) is 0 Å². The van der Waals surface area contributed by atoms with E-state index in [1.54, 1.807) is 0 Å². The summed E-state index contributed by atoms with van der Waals surface area (Å²) in [5, 5.41) is 18.7. The number of nitrogens with one attached hydrogen (secondary N) is 1. The van der Waals surface area contributed by atoms with Gasteiger partial charge in [-0.2, -0.15) is 10.2 Å². The zero-order valence-corrected chi connectivity index (χ0v) is 21.2. The zero-order valence-electron chi connectivity index (χ0n) is 20.5. The van der Waals surface area contributed by atoms with Crippen LogP contribution in [0.2, 0.25) is 5.02 Å². The van der Waals surface area contributed by atoms with Crippen LogP contribution in [0.5, 0.6) is 0 Å². The minimum absolute atomic E-state index is 0.0323. The number of carbonyl (C=O) groups is 1. The molecule has 1 N–H and O–H groups in total. The number of halogens is 1. The van der Waals surface area contributed by atoms with E-state index in [0.717, 1.165) is 65.4 Å². The molecule has 5 rings (SSSR count). The van der Waals surface area contributed by atoms with Gasteiger partial charge in [0.15, 0.2) is 5.82 Å². The summed E-state index contributed by atoms with van der Waals surface area (Å²) >= 11 is 6.08. The van der Waals surface area contributed by atoms with Gasteiger partial charge < -0.3 is 10.2 Å². The van der Waals surface area contributed by atoms with E-state index >= 15 is 0 Å². The number of carbonyl (C=O) groups excluding carboxylic acids is 1. The number of fused-ring (bicyclic) bond motifs is 1. The molecule has 1 aliphatic heterocycles. The Balaban J connectivity index is 1.35. The van der Waals surface area contributed by atoms with Gasteiger partial charge >= 0.3 is 0 Å². The maximum absolute atomic E-state index is 12.9. The number of aryl methyl sites for hydroxylation is 4. The first-order chi connectivity index (χ1) is 16.8. The van der Waals surface area contributed by atoms with Crippen molar-refractivity contribution in [2.45, 2.75) is 40.5 Å². The highest BCUT2D eigenvalue weighted by molar-refractivity contribution is 6.30. The van der Waals surface area contributed by atoms with Gasteiger partial charge in [0.25, 0.3) is 0 Å². The molecule has 8 heteroatoms. The van der Waals surface area contributed by atoms with Crippen molar-refractivity contribution in [2.24, 2.45) is 5.92 Å². The van der Waals surface area contributed by atoms with Crippen LogP contribution in [0.4, 0.5) is 11.5 Å². The van der Waals surface area contributed by atoms with Crippen LogP contribution in [-0.2, 0) is 4.79 Å². The lowest BCUT2D eigenvalue weighted by atomic mass is 9.95. The largest absolute Gasteiger partial charge is 0.353 e. The Hall–Kier alpha value is -3.45.